The highest BCUT2D eigenvalue weighted by Gasteiger charge is 2.21. The number of sulfonamides is 1. The molecule has 19 heavy (non-hydrogen) atoms. The molecule has 1 aromatic carbocycles. The molecule has 0 bridgehead atoms. The predicted molar refractivity (Wildman–Crippen MR) is 75.2 cm³/mol. The van der Waals surface area contributed by atoms with Gasteiger partial charge in [-0.05, 0) is 5.56 Å². The maximum atomic E-state index is 11.3. The van der Waals surface area contributed by atoms with Crippen LogP contribution >= 0.6 is 11.3 Å². The summed E-state index contributed by atoms with van der Waals surface area (Å²) >= 11 is 1.06. The lowest BCUT2D eigenvalue weighted by Crippen LogP contribution is -2.11. The molecule has 0 unspecified atom stereocenters. The molecule has 0 aliphatic carbocycles. The number of carboxylic acid groups (broad SMARTS) is 1. The normalized spacial score (nSPS) is 11.2. The van der Waals surface area contributed by atoms with E-state index in [2.05, 4.69) is 4.72 Å². The van der Waals surface area contributed by atoms with Crippen molar-refractivity contribution in [2.24, 2.45) is 0 Å². The predicted octanol–water partition coefficient (Wildman–Crippen LogP) is 2.48. The minimum Gasteiger partial charge on any atom is -0.478 e. The van der Waals surface area contributed by atoms with Crippen LogP contribution in [0.2, 0.25) is 0 Å². The van der Waals surface area contributed by atoms with Gasteiger partial charge in [-0.2, -0.15) is 0 Å². The molecule has 0 radical (unpaired) electrons. The van der Waals surface area contributed by atoms with Gasteiger partial charge in [0.1, 0.15) is 10.6 Å². The maximum Gasteiger partial charge on any atom is 0.339 e. The number of carboxylic acids is 1. The summed E-state index contributed by atoms with van der Waals surface area (Å²) in [5.74, 6) is -1.16. The second-order valence-corrected chi connectivity index (χ2v) is 6.53. The molecule has 1 aromatic heterocycles. The summed E-state index contributed by atoms with van der Waals surface area (Å²) in [5, 5.41) is 11.0. The Morgan fingerprint density at radius 3 is 2.42 bits per heavy atom. The minimum atomic E-state index is -3.50. The maximum absolute atomic E-state index is 11.3. The fourth-order valence-corrected chi connectivity index (χ4v) is 3.53. The van der Waals surface area contributed by atoms with Crippen molar-refractivity contribution >= 4 is 32.3 Å². The number of hydrogen-bond acceptors (Lipinski definition) is 4. The average Bonchev–Trinajstić information content (AvgIpc) is 2.71. The Hall–Kier alpha value is -1.86. The van der Waals surface area contributed by atoms with Crippen LogP contribution in [-0.4, -0.2) is 25.7 Å². The first-order valence-corrected chi connectivity index (χ1v) is 8.03. The SMILES string of the molecule is CS(=O)(=O)Nc1scc(-c2ccccc2)c1C(=O)O. The van der Waals surface area contributed by atoms with Gasteiger partial charge in [0.2, 0.25) is 10.0 Å². The molecular formula is C12H11NO4S2. The van der Waals surface area contributed by atoms with E-state index in [1.807, 2.05) is 6.07 Å². The highest BCUT2D eigenvalue weighted by Crippen LogP contribution is 2.35. The summed E-state index contributed by atoms with van der Waals surface area (Å²) in [6, 6.07) is 8.97. The van der Waals surface area contributed by atoms with E-state index in [4.69, 9.17) is 0 Å². The van der Waals surface area contributed by atoms with Crippen molar-refractivity contribution in [3.63, 3.8) is 0 Å². The lowest BCUT2D eigenvalue weighted by atomic mass is 10.0. The van der Waals surface area contributed by atoms with E-state index in [1.54, 1.807) is 29.6 Å². The van der Waals surface area contributed by atoms with E-state index in [0.717, 1.165) is 23.2 Å². The lowest BCUT2D eigenvalue weighted by molar-refractivity contribution is 0.0699. The summed E-state index contributed by atoms with van der Waals surface area (Å²) < 4.78 is 24.7. The first kappa shape index (κ1) is 13.6. The number of thiophene rings is 1. The van der Waals surface area contributed by atoms with Gasteiger partial charge in [0.05, 0.1) is 6.26 Å². The highest BCUT2D eigenvalue weighted by molar-refractivity contribution is 7.92. The van der Waals surface area contributed by atoms with Crippen LogP contribution in [0, 0.1) is 0 Å². The van der Waals surface area contributed by atoms with Crippen LogP contribution in [0.3, 0.4) is 0 Å². The van der Waals surface area contributed by atoms with Crippen molar-refractivity contribution in [1.29, 1.82) is 0 Å². The van der Waals surface area contributed by atoms with Crippen LogP contribution in [0.5, 0.6) is 0 Å². The molecule has 0 saturated carbocycles. The van der Waals surface area contributed by atoms with Gasteiger partial charge in [-0.15, -0.1) is 11.3 Å². The zero-order valence-electron chi connectivity index (χ0n) is 9.95. The van der Waals surface area contributed by atoms with Crippen molar-refractivity contribution in [1.82, 2.24) is 0 Å². The second-order valence-electron chi connectivity index (χ2n) is 3.90. The topological polar surface area (TPSA) is 83.5 Å². The Morgan fingerprint density at radius 1 is 1.26 bits per heavy atom. The quantitative estimate of drug-likeness (QED) is 0.908. The summed E-state index contributed by atoms with van der Waals surface area (Å²) in [6.07, 6.45) is 0.987. The Bertz CT molecular complexity index is 705. The third-order valence-electron chi connectivity index (χ3n) is 2.37. The molecule has 0 atom stereocenters. The third-order valence-corrected chi connectivity index (χ3v) is 3.97. The Labute approximate surface area is 114 Å². The van der Waals surface area contributed by atoms with Gasteiger partial charge in [-0.1, -0.05) is 30.3 Å². The molecule has 7 heteroatoms. The van der Waals surface area contributed by atoms with Crippen molar-refractivity contribution in [2.75, 3.05) is 11.0 Å². The fraction of sp³-hybridized carbons (Fsp3) is 0.0833. The van der Waals surface area contributed by atoms with E-state index in [9.17, 15) is 18.3 Å². The third kappa shape index (κ3) is 3.12. The zero-order valence-corrected chi connectivity index (χ0v) is 11.6. The molecule has 2 aromatic rings. The van der Waals surface area contributed by atoms with Crippen LogP contribution < -0.4 is 4.72 Å². The van der Waals surface area contributed by atoms with Crippen LogP contribution in [0.1, 0.15) is 10.4 Å². The standard InChI is InChI=1S/C12H11NO4S2/c1-19(16,17)13-11-10(12(14)15)9(7-18-11)8-5-3-2-4-6-8/h2-7,13H,1H3,(H,14,15). The van der Waals surface area contributed by atoms with E-state index < -0.39 is 16.0 Å². The first-order chi connectivity index (χ1) is 8.88. The number of nitrogens with one attached hydrogen (secondary N) is 1. The van der Waals surface area contributed by atoms with Gasteiger partial charge in [0.25, 0.3) is 0 Å². The van der Waals surface area contributed by atoms with Gasteiger partial charge in [0.15, 0.2) is 0 Å². The number of benzene rings is 1. The number of carbonyl (C=O) groups is 1. The molecule has 0 aliphatic heterocycles. The summed E-state index contributed by atoms with van der Waals surface area (Å²) in [4.78, 5) is 11.3. The number of aromatic carboxylic acids is 1. The summed E-state index contributed by atoms with van der Waals surface area (Å²) in [5.41, 5.74) is 1.21. The summed E-state index contributed by atoms with van der Waals surface area (Å²) in [7, 11) is -3.50. The zero-order chi connectivity index (χ0) is 14.0. The van der Waals surface area contributed by atoms with Crippen LogP contribution in [0.4, 0.5) is 5.00 Å². The van der Waals surface area contributed by atoms with Gasteiger partial charge < -0.3 is 5.11 Å². The monoisotopic (exact) mass is 297 g/mol. The van der Waals surface area contributed by atoms with Gasteiger partial charge >= 0.3 is 5.97 Å². The van der Waals surface area contributed by atoms with Crippen molar-refractivity contribution < 1.29 is 18.3 Å². The van der Waals surface area contributed by atoms with Crippen molar-refractivity contribution in [3.05, 3.63) is 41.3 Å². The van der Waals surface area contributed by atoms with E-state index in [0.29, 0.717) is 5.56 Å². The van der Waals surface area contributed by atoms with Gasteiger partial charge in [0, 0.05) is 10.9 Å². The van der Waals surface area contributed by atoms with E-state index in [-0.39, 0.29) is 10.6 Å². The van der Waals surface area contributed by atoms with Crippen LogP contribution in [0.15, 0.2) is 35.7 Å². The molecular weight excluding hydrogens is 286 g/mol. The molecule has 0 amide bonds. The molecule has 0 aliphatic rings. The summed E-state index contributed by atoms with van der Waals surface area (Å²) in [6.45, 7) is 0. The van der Waals surface area contributed by atoms with E-state index >= 15 is 0 Å². The van der Waals surface area contributed by atoms with Crippen molar-refractivity contribution in [3.8, 4) is 11.1 Å². The minimum absolute atomic E-state index is 0.0263. The van der Waals surface area contributed by atoms with E-state index in [1.165, 1.54) is 0 Å². The highest BCUT2D eigenvalue weighted by atomic mass is 32.2. The first-order valence-electron chi connectivity index (χ1n) is 5.26. The Kier molecular flexibility index (Phi) is 3.59. The lowest BCUT2D eigenvalue weighted by Gasteiger charge is -2.04. The molecule has 5 nitrogen and oxygen atoms in total. The Morgan fingerprint density at radius 2 is 1.89 bits per heavy atom. The molecule has 2 N–H and O–H groups in total. The second kappa shape index (κ2) is 5.02. The van der Waals surface area contributed by atoms with Crippen LogP contribution in [0.25, 0.3) is 11.1 Å². The number of hydrogen-bond donors (Lipinski definition) is 2. The molecule has 0 saturated heterocycles. The largest absolute Gasteiger partial charge is 0.478 e. The van der Waals surface area contributed by atoms with Gasteiger partial charge in [-0.3, -0.25) is 4.72 Å². The number of anilines is 1. The van der Waals surface area contributed by atoms with Gasteiger partial charge in [-0.25, -0.2) is 13.2 Å². The average molecular weight is 297 g/mol. The molecule has 0 spiro atoms. The Balaban J connectivity index is 2.56. The molecule has 1 heterocycles. The molecule has 2 rings (SSSR count). The van der Waals surface area contributed by atoms with Crippen molar-refractivity contribution in [2.45, 2.75) is 0 Å². The molecule has 100 valence electrons. The molecule has 0 fully saturated rings. The number of rotatable bonds is 4. The fourth-order valence-electron chi connectivity index (χ4n) is 1.64. The van der Waals surface area contributed by atoms with Crippen LogP contribution in [-0.2, 0) is 10.0 Å². The smallest absolute Gasteiger partial charge is 0.339 e.